The van der Waals surface area contributed by atoms with Gasteiger partial charge in [-0.05, 0) is 51.3 Å². The van der Waals surface area contributed by atoms with Crippen LogP contribution < -0.4 is 0 Å². The third-order valence-corrected chi connectivity index (χ3v) is 4.42. The van der Waals surface area contributed by atoms with Crippen molar-refractivity contribution in [2.45, 2.75) is 39.7 Å². The fourth-order valence-electron chi connectivity index (χ4n) is 3.33. The Balaban J connectivity index is 2.32. The minimum absolute atomic E-state index is 0.153. The van der Waals surface area contributed by atoms with Gasteiger partial charge < -0.3 is 14.2 Å². The van der Waals surface area contributed by atoms with Crippen LogP contribution in [0.2, 0.25) is 0 Å². The Labute approximate surface area is 138 Å². The summed E-state index contributed by atoms with van der Waals surface area (Å²) >= 11 is 0. The summed E-state index contributed by atoms with van der Waals surface area (Å²) in [5.41, 5.74) is 3.29. The number of rotatable bonds is 5. The molecule has 23 heavy (non-hydrogen) atoms. The van der Waals surface area contributed by atoms with Crippen molar-refractivity contribution >= 4 is 12.0 Å². The highest BCUT2D eigenvalue weighted by Crippen LogP contribution is 2.23. The minimum atomic E-state index is -0.153. The van der Waals surface area contributed by atoms with Gasteiger partial charge in [-0.25, -0.2) is 0 Å². The summed E-state index contributed by atoms with van der Waals surface area (Å²) in [5.74, 6) is -0.153. The average Bonchev–Trinajstić information content (AvgIpc) is 3.13. The molecule has 2 rings (SSSR count). The molecule has 1 saturated heterocycles. The van der Waals surface area contributed by atoms with Crippen molar-refractivity contribution in [1.82, 2.24) is 9.47 Å². The first kappa shape index (κ1) is 17.3. The molecule has 124 valence electrons. The van der Waals surface area contributed by atoms with Crippen molar-refractivity contribution in [1.29, 1.82) is 5.26 Å². The van der Waals surface area contributed by atoms with E-state index in [1.165, 1.54) is 0 Å². The Morgan fingerprint density at radius 2 is 2.09 bits per heavy atom. The first-order valence-corrected chi connectivity index (χ1v) is 8.08. The van der Waals surface area contributed by atoms with E-state index in [1.54, 1.807) is 18.1 Å². The number of nitriles is 1. The van der Waals surface area contributed by atoms with Crippen LogP contribution in [0.5, 0.6) is 0 Å². The van der Waals surface area contributed by atoms with Gasteiger partial charge in [-0.2, -0.15) is 5.26 Å². The molecule has 0 N–H and O–H groups in total. The van der Waals surface area contributed by atoms with Crippen molar-refractivity contribution < 1.29 is 9.53 Å². The maximum Gasteiger partial charge on any atom is 0.264 e. The summed E-state index contributed by atoms with van der Waals surface area (Å²) in [4.78, 5) is 14.2. The SMILES string of the molecule is COCC(C)n1c(C)cc(/C=C(\C#N)C(=O)N2CCCC2)c1C. The van der Waals surface area contributed by atoms with Gasteiger partial charge in [0.1, 0.15) is 11.6 Å². The molecule has 5 heteroatoms. The van der Waals surface area contributed by atoms with Crippen molar-refractivity contribution in [2.75, 3.05) is 26.8 Å². The highest BCUT2D eigenvalue weighted by molar-refractivity contribution is 6.01. The highest BCUT2D eigenvalue weighted by Gasteiger charge is 2.22. The zero-order chi connectivity index (χ0) is 17.0. The number of likely N-dealkylation sites (tertiary alicyclic amines) is 1. The average molecular weight is 315 g/mol. The highest BCUT2D eigenvalue weighted by atomic mass is 16.5. The Bertz CT molecular complexity index is 646. The molecule has 0 bridgehead atoms. The first-order chi connectivity index (χ1) is 11.0. The van der Waals surface area contributed by atoms with E-state index in [1.807, 2.05) is 19.9 Å². The zero-order valence-electron chi connectivity index (χ0n) is 14.4. The molecule has 0 spiro atoms. The summed E-state index contributed by atoms with van der Waals surface area (Å²) in [6.45, 7) is 8.27. The van der Waals surface area contributed by atoms with E-state index >= 15 is 0 Å². The molecule has 1 aliphatic rings. The number of methoxy groups -OCH3 is 1. The van der Waals surface area contributed by atoms with Gasteiger partial charge in [-0.3, -0.25) is 4.79 Å². The van der Waals surface area contributed by atoms with Crippen molar-refractivity contribution in [3.63, 3.8) is 0 Å². The number of amides is 1. The van der Waals surface area contributed by atoms with Crippen LogP contribution in [0.3, 0.4) is 0 Å². The summed E-state index contributed by atoms with van der Waals surface area (Å²) < 4.78 is 7.42. The van der Waals surface area contributed by atoms with Crippen molar-refractivity contribution in [3.8, 4) is 6.07 Å². The first-order valence-electron chi connectivity index (χ1n) is 8.08. The lowest BCUT2D eigenvalue weighted by molar-refractivity contribution is -0.125. The Kier molecular flexibility index (Phi) is 5.62. The molecule has 1 aromatic rings. The van der Waals surface area contributed by atoms with Gasteiger partial charge in [-0.15, -0.1) is 0 Å². The lowest BCUT2D eigenvalue weighted by Gasteiger charge is -2.17. The molecule has 0 saturated carbocycles. The second kappa shape index (κ2) is 7.47. The Morgan fingerprint density at radius 3 is 2.65 bits per heavy atom. The largest absolute Gasteiger partial charge is 0.383 e. The van der Waals surface area contributed by atoms with Gasteiger partial charge in [0.2, 0.25) is 0 Å². The molecule has 1 amide bonds. The van der Waals surface area contributed by atoms with E-state index in [0.29, 0.717) is 6.61 Å². The second-order valence-corrected chi connectivity index (χ2v) is 6.17. The van der Waals surface area contributed by atoms with Crippen LogP contribution >= 0.6 is 0 Å². The van der Waals surface area contributed by atoms with E-state index < -0.39 is 0 Å². The number of carbonyl (C=O) groups excluding carboxylic acids is 1. The number of hydrogen-bond acceptors (Lipinski definition) is 3. The van der Waals surface area contributed by atoms with E-state index in [4.69, 9.17) is 4.74 Å². The predicted molar refractivity (Wildman–Crippen MR) is 89.9 cm³/mol. The molecule has 1 aromatic heterocycles. The number of aryl methyl sites for hydroxylation is 1. The maximum absolute atomic E-state index is 12.4. The third kappa shape index (κ3) is 3.65. The third-order valence-electron chi connectivity index (χ3n) is 4.42. The van der Waals surface area contributed by atoms with E-state index in [2.05, 4.69) is 17.6 Å². The molecule has 0 aliphatic carbocycles. The minimum Gasteiger partial charge on any atom is -0.383 e. The van der Waals surface area contributed by atoms with Crippen LogP contribution in [0.15, 0.2) is 11.6 Å². The molecule has 1 aliphatic heterocycles. The summed E-state index contributed by atoms with van der Waals surface area (Å²) in [5, 5.41) is 9.39. The van der Waals surface area contributed by atoms with Crippen LogP contribution in [0.4, 0.5) is 0 Å². The molecule has 1 unspecified atom stereocenters. The molecule has 0 radical (unpaired) electrons. The smallest absolute Gasteiger partial charge is 0.264 e. The van der Waals surface area contributed by atoms with Crippen LogP contribution in [-0.2, 0) is 9.53 Å². The van der Waals surface area contributed by atoms with E-state index in [9.17, 15) is 10.1 Å². The lowest BCUT2D eigenvalue weighted by atomic mass is 10.1. The Morgan fingerprint density at radius 1 is 1.43 bits per heavy atom. The summed E-state index contributed by atoms with van der Waals surface area (Å²) in [7, 11) is 1.69. The maximum atomic E-state index is 12.4. The molecule has 1 fully saturated rings. The standard InChI is InChI=1S/C18H25N3O2/c1-13-9-16(15(3)21(13)14(2)12-23-4)10-17(11-19)18(22)20-7-5-6-8-20/h9-10,14H,5-8,12H2,1-4H3/b17-10+. The van der Waals surface area contributed by atoms with Crippen LogP contribution in [0.25, 0.3) is 6.08 Å². The fourth-order valence-corrected chi connectivity index (χ4v) is 3.33. The van der Waals surface area contributed by atoms with Crippen LogP contribution in [0, 0.1) is 25.2 Å². The topological polar surface area (TPSA) is 58.3 Å². The lowest BCUT2D eigenvalue weighted by Crippen LogP contribution is -2.28. The molecular weight excluding hydrogens is 290 g/mol. The predicted octanol–water partition coefficient (Wildman–Crippen LogP) is 2.84. The Hall–Kier alpha value is -2.06. The molecular formula is C18H25N3O2. The number of ether oxygens (including phenoxy) is 1. The number of hydrogen-bond donors (Lipinski definition) is 0. The monoisotopic (exact) mass is 315 g/mol. The van der Waals surface area contributed by atoms with Crippen LogP contribution in [-0.4, -0.2) is 42.2 Å². The number of nitrogens with zero attached hydrogens (tertiary/aromatic N) is 3. The van der Waals surface area contributed by atoms with E-state index in [-0.39, 0.29) is 17.5 Å². The number of carbonyl (C=O) groups is 1. The van der Waals surface area contributed by atoms with Gasteiger partial charge in [0.05, 0.1) is 12.6 Å². The fraction of sp³-hybridized carbons (Fsp3) is 0.556. The molecule has 2 heterocycles. The van der Waals surface area contributed by atoms with Gasteiger partial charge in [0.15, 0.2) is 0 Å². The van der Waals surface area contributed by atoms with Gasteiger partial charge in [0, 0.05) is 31.6 Å². The van der Waals surface area contributed by atoms with Crippen LogP contribution in [0.1, 0.15) is 42.8 Å². The molecule has 1 atom stereocenters. The van der Waals surface area contributed by atoms with Crippen molar-refractivity contribution in [2.24, 2.45) is 0 Å². The quantitative estimate of drug-likeness (QED) is 0.620. The van der Waals surface area contributed by atoms with Gasteiger partial charge >= 0.3 is 0 Å². The van der Waals surface area contributed by atoms with Gasteiger partial charge in [-0.1, -0.05) is 0 Å². The zero-order valence-corrected chi connectivity index (χ0v) is 14.4. The summed E-state index contributed by atoms with van der Waals surface area (Å²) in [6.07, 6.45) is 3.76. The number of aromatic nitrogens is 1. The molecule has 0 aromatic carbocycles. The van der Waals surface area contributed by atoms with Crippen molar-refractivity contribution in [3.05, 3.63) is 28.6 Å². The van der Waals surface area contributed by atoms with E-state index in [0.717, 1.165) is 42.9 Å². The molecule has 5 nitrogen and oxygen atoms in total. The van der Waals surface area contributed by atoms with Gasteiger partial charge in [0.25, 0.3) is 5.91 Å². The summed E-state index contributed by atoms with van der Waals surface area (Å²) in [6, 6.07) is 4.31. The normalized spacial score (nSPS) is 16.5. The second-order valence-electron chi connectivity index (χ2n) is 6.17.